The van der Waals surface area contributed by atoms with E-state index in [4.69, 9.17) is 4.98 Å². The molecular formula is C19H21N3. The second-order valence-electron chi connectivity index (χ2n) is 6.39. The van der Waals surface area contributed by atoms with Crippen molar-refractivity contribution >= 4 is 23.6 Å². The number of imidazole rings is 1. The highest BCUT2D eigenvalue weighted by atomic mass is 15.2. The molecule has 112 valence electrons. The van der Waals surface area contributed by atoms with Gasteiger partial charge in [-0.1, -0.05) is 42.5 Å². The van der Waals surface area contributed by atoms with E-state index in [0.717, 1.165) is 17.2 Å². The first-order valence-electron chi connectivity index (χ1n) is 7.51. The largest absolute Gasteiger partial charge is 0.365 e. The van der Waals surface area contributed by atoms with Crippen LogP contribution in [0.4, 0.5) is 5.82 Å². The third-order valence-corrected chi connectivity index (χ3v) is 3.28. The third-order valence-electron chi connectivity index (χ3n) is 3.28. The molecule has 0 unspecified atom stereocenters. The molecule has 0 saturated heterocycles. The van der Waals surface area contributed by atoms with E-state index in [9.17, 15) is 0 Å². The van der Waals surface area contributed by atoms with Crippen molar-refractivity contribution in [3.63, 3.8) is 0 Å². The summed E-state index contributed by atoms with van der Waals surface area (Å²) in [4.78, 5) is 4.73. The fourth-order valence-corrected chi connectivity index (χ4v) is 2.35. The van der Waals surface area contributed by atoms with Crippen molar-refractivity contribution in [1.82, 2.24) is 9.38 Å². The highest BCUT2D eigenvalue weighted by molar-refractivity contribution is 5.76. The summed E-state index contributed by atoms with van der Waals surface area (Å²) in [6.45, 7) is 6.46. The molecule has 0 aliphatic heterocycles. The van der Waals surface area contributed by atoms with Crippen molar-refractivity contribution in [2.75, 3.05) is 5.32 Å². The Labute approximate surface area is 131 Å². The number of nitrogens with zero attached hydrogens (tertiary/aromatic N) is 2. The molecule has 1 aromatic carbocycles. The average Bonchev–Trinajstić information content (AvgIpc) is 2.83. The van der Waals surface area contributed by atoms with E-state index in [1.807, 2.05) is 42.6 Å². The molecule has 0 bridgehead atoms. The van der Waals surface area contributed by atoms with Gasteiger partial charge in [-0.2, -0.15) is 0 Å². The normalized spacial score (nSPS) is 12.1. The summed E-state index contributed by atoms with van der Waals surface area (Å²) in [5.41, 5.74) is 3.04. The van der Waals surface area contributed by atoms with Crippen molar-refractivity contribution in [2.45, 2.75) is 26.3 Å². The fourth-order valence-electron chi connectivity index (χ4n) is 2.35. The van der Waals surface area contributed by atoms with Crippen molar-refractivity contribution < 1.29 is 0 Å². The summed E-state index contributed by atoms with van der Waals surface area (Å²) in [7, 11) is 0. The molecule has 3 nitrogen and oxygen atoms in total. The monoisotopic (exact) mass is 291 g/mol. The van der Waals surface area contributed by atoms with Crippen LogP contribution in [0.2, 0.25) is 0 Å². The van der Waals surface area contributed by atoms with E-state index in [2.05, 4.69) is 54.8 Å². The van der Waals surface area contributed by atoms with Gasteiger partial charge in [0.05, 0.1) is 0 Å². The number of aromatic nitrogens is 2. The molecule has 0 saturated carbocycles. The van der Waals surface area contributed by atoms with Crippen LogP contribution in [0.1, 0.15) is 32.0 Å². The van der Waals surface area contributed by atoms with Gasteiger partial charge in [-0.15, -0.1) is 0 Å². The van der Waals surface area contributed by atoms with E-state index in [-0.39, 0.29) is 5.54 Å². The Morgan fingerprint density at radius 3 is 2.41 bits per heavy atom. The fraction of sp³-hybridized carbons (Fsp3) is 0.211. The lowest BCUT2D eigenvalue weighted by molar-refractivity contribution is 0.629. The molecule has 0 spiro atoms. The van der Waals surface area contributed by atoms with Gasteiger partial charge in [0, 0.05) is 11.7 Å². The molecule has 0 fully saturated rings. The van der Waals surface area contributed by atoms with Crippen LogP contribution in [-0.4, -0.2) is 14.9 Å². The predicted molar refractivity (Wildman–Crippen MR) is 93.9 cm³/mol. The first-order valence-corrected chi connectivity index (χ1v) is 7.51. The predicted octanol–water partition coefficient (Wildman–Crippen LogP) is 4.72. The van der Waals surface area contributed by atoms with Gasteiger partial charge in [0.2, 0.25) is 0 Å². The van der Waals surface area contributed by atoms with Crippen molar-refractivity contribution in [3.05, 3.63) is 66.0 Å². The molecule has 2 heterocycles. The number of hydrogen-bond acceptors (Lipinski definition) is 2. The standard InChI is InChI=1S/C19H21N3/c1-19(2,3)21-18-16(13-12-15-9-5-4-6-10-15)20-17-11-7-8-14-22(17)18/h4-14,21H,1-3H3. The van der Waals surface area contributed by atoms with Gasteiger partial charge < -0.3 is 5.32 Å². The van der Waals surface area contributed by atoms with Crippen LogP contribution < -0.4 is 5.32 Å². The lowest BCUT2D eigenvalue weighted by Crippen LogP contribution is -2.27. The lowest BCUT2D eigenvalue weighted by Gasteiger charge is -2.22. The first-order chi connectivity index (χ1) is 10.5. The van der Waals surface area contributed by atoms with Gasteiger partial charge in [-0.05, 0) is 44.5 Å². The van der Waals surface area contributed by atoms with Crippen LogP contribution in [0.3, 0.4) is 0 Å². The molecule has 0 radical (unpaired) electrons. The molecule has 1 N–H and O–H groups in total. The molecule has 0 aliphatic rings. The zero-order chi connectivity index (χ0) is 15.6. The Balaban J connectivity index is 2.04. The number of nitrogens with one attached hydrogen (secondary N) is 1. The zero-order valence-corrected chi connectivity index (χ0v) is 13.2. The molecule has 0 atom stereocenters. The quantitative estimate of drug-likeness (QED) is 0.757. The number of fused-ring (bicyclic) bond motifs is 1. The van der Waals surface area contributed by atoms with E-state index < -0.39 is 0 Å². The van der Waals surface area contributed by atoms with E-state index >= 15 is 0 Å². The Bertz CT molecular complexity index is 792. The third kappa shape index (κ3) is 3.19. The maximum Gasteiger partial charge on any atom is 0.139 e. The van der Waals surface area contributed by atoms with Crippen LogP contribution in [-0.2, 0) is 0 Å². The Kier molecular flexibility index (Phi) is 3.72. The van der Waals surface area contributed by atoms with E-state index in [1.54, 1.807) is 0 Å². The molecule has 3 rings (SSSR count). The minimum Gasteiger partial charge on any atom is -0.365 e. The van der Waals surface area contributed by atoms with Gasteiger partial charge in [-0.25, -0.2) is 4.98 Å². The van der Waals surface area contributed by atoms with Gasteiger partial charge in [-0.3, -0.25) is 4.40 Å². The zero-order valence-electron chi connectivity index (χ0n) is 13.2. The number of rotatable bonds is 3. The smallest absolute Gasteiger partial charge is 0.139 e. The first kappa shape index (κ1) is 14.4. The molecule has 2 aromatic heterocycles. The number of anilines is 1. The maximum atomic E-state index is 4.73. The molecule has 22 heavy (non-hydrogen) atoms. The summed E-state index contributed by atoms with van der Waals surface area (Å²) in [5, 5.41) is 3.56. The molecular weight excluding hydrogens is 270 g/mol. The SMILES string of the molecule is CC(C)(C)Nc1c(C=Cc2ccccc2)nc2ccccn12. The van der Waals surface area contributed by atoms with Crippen LogP contribution in [0.25, 0.3) is 17.8 Å². The van der Waals surface area contributed by atoms with Crippen LogP contribution in [0.5, 0.6) is 0 Å². The van der Waals surface area contributed by atoms with E-state index in [1.165, 1.54) is 5.56 Å². The number of pyridine rings is 1. The molecule has 0 aliphatic carbocycles. The van der Waals surface area contributed by atoms with E-state index in [0.29, 0.717) is 0 Å². The minimum absolute atomic E-state index is 0.0266. The lowest BCUT2D eigenvalue weighted by atomic mass is 10.1. The number of hydrogen-bond donors (Lipinski definition) is 1. The van der Waals surface area contributed by atoms with Crippen LogP contribution in [0, 0.1) is 0 Å². The second-order valence-corrected chi connectivity index (χ2v) is 6.39. The minimum atomic E-state index is -0.0266. The van der Waals surface area contributed by atoms with Crippen LogP contribution >= 0.6 is 0 Å². The molecule has 3 heteroatoms. The van der Waals surface area contributed by atoms with Gasteiger partial charge in [0.1, 0.15) is 17.2 Å². The molecule has 0 amide bonds. The topological polar surface area (TPSA) is 29.3 Å². The Hall–Kier alpha value is -2.55. The highest BCUT2D eigenvalue weighted by Crippen LogP contribution is 2.23. The van der Waals surface area contributed by atoms with Crippen molar-refractivity contribution in [2.24, 2.45) is 0 Å². The Morgan fingerprint density at radius 2 is 1.68 bits per heavy atom. The summed E-state index contributed by atoms with van der Waals surface area (Å²) >= 11 is 0. The molecule has 3 aromatic rings. The Morgan fingerprint density at radius 1 is 0.955 bits per heavy atom. The van der Waals surface area contributed by atoms with Gasteiger partial charge >= 0.3 is 0 Å². The average molecular weight is 291 g/mol. The van der Waals surface area contributed by atoms with Crippen molar-refractivity contribution in [3.8, 4) is 0 Å². The van der Waals surface area contributed by atoms with Gasteiger partial charge in [0.25, 0.3) is 0 Å². The summed E-state index contributed by atoms with van der Waals surface area (Å²) < 4.78 is 2.09. The van der Waals surface area contributed by atoms with Crippen LogP contribution in [0.15, 0.2) is 54.7 Å². The maximum absolute atomic E-state index is 4.73. The highest BCUT2D eigenvalue weighted by Gasteiger charge is 2.16. The van der Waals surface area contributed by atoms with Gasteiger partial charge in [0.15, 0.2) is 0 Å². The number of benzene rings is 1. The summed E-state index contributed by atoms with van der Waals surface area (Å²) in [6, 6.07) is 16.3. The summed E-state index contributed by atoms with van der Waals surface area (Å²) in [6.07, 6.45) is 6.20. The summed E-state index contributed by atoms with van der Waals surface area (Å²) in [5.74, 6) is 1.02. The second kappa shape index (κ2) is 5.68. The van der Waals surface area contributed by atoms with Crippen molar-refractivity contribution in [1.29, 1.82) is 0 Å².